The minimum absolute atomic E-state index is 0.370. The van der Waals surface area contributed by atoms with E-state index in [0.717, 1.165) is 44.0 Å². The molecule has 0 spiro atoms. The second-order valence-corrected chi connectivity index (χ2v) is 9.95. The molecule has 0 N–H and O–H groups in total. The fraction of sp³-hybridized carbons (Fsp3) is 0.207. The van der Waals surface area contributed by atoms with Crippen molar-refractivity contribution in [1.82, 2.24) is 4.98 Å². The third-order valence-corrected chi connectivity index (χ3v) is 7.13. The molecule has 2 heterocycles. The van der Waals surface area contributed by atoms with Crippen LogP contribution in [0.25, 0.3) is 44.5 Å². The molecule has 0 atom stereocenters. The van der Waals surface area contributed by atoms with Gasteiger partial charge in [0.2, 0.25) is 5.89 Å². The van der Waals surface area contributed by atoms with Gasteiger partial charge in [0.15, 0.2) is 5.58 Å². The van der Waals surface area contributed by atoms with Crippen LogP contribution in [0.3, 0.4) is 0 Å². The van der Waals surface area contributed by atoms with E-state index in [-0.39, 0.29) is 11.2 Å². The largest absolute Gasteiger partial charge is 0.494 e. The number of hydrogen-bond donors (Lipinski definition) is 0. The van der Waals surface area contributed by atoms with Crippen molar-refractivity contribution in [1.29, 1.82) is 0 Å². The number of hydrogen-bond acceptors (Lipinski definition) is 4. The molecule has 5 aromatic rings. The summed E-state index contributed by atoms with van der Waals surface area (Å²) in [5.41, 5.74) is 5.07. The van der Waals surface area contributed by atoms with E-state index < -0.39 is 7.12 Å². The number of aromatic nitrogens is 1. The smallest absolute Gasteiger partial charge is 0.435 e. The van der Waals surface area contributed by atoms with Crippen LogP contribution in [0.5, 0.6) is 0 Å². The molecule has 1 fully saturated rings. The van der Waals surface area contributed by atoms with Gasteiger partial charge in [-0.25, -0.2) is 4.98 Å². The Hall–Kier alpha value is -3.41. The van der Waals surface area contributed by atoms with Crippen molar-refractivity contribution in [3.05, 3.63) is 84.9 Å². The quantitative estimate of drug-likeness (QED) is 0.292. The summed E-state index contributed by atoms with van der Waals surface area (Å²) in [7, 11) is -0.390. The second-order valence-electron chi connectivity index (χ2n) is 9.95. The lowest BCUT2D eigenvalue weighted by molar-refractivity contribution is 0.00578. The average molecular weight is 447 g/mol. The summed E-state index contributed by atoms with van der Waals surface area (Å²) in [5.74, 6) is 0.621. The zero-order valence-electron chi connectivity index (χ0n) is 19.8. The van der Waals surface area contributed by atoms with Gasteiger partial charge in [-0.2, -0.15) is 0 Å². The maximum atomic E-state index is 6.26. The van der Waals surface area contributed by atoms with E-state index in [1.54, 1.807) is 0 Å². The van der Waals surface area contributed by atoms with Gasteiger partial charge >= 0.3 is 7.12 Å². The van der Waals surface area contributed by atoms with Gasteiger partial charge in [0.05, 0.1) is 11.2 Å². The van der Waals surface area contributed by atoms with Crippen LogP contribution in [0.1, 0.15) is 27.7 Å². The maximum absolute atomic E-state index is 6.26. The molecule has 1 aromatic heterocycles. The van der Waals surface area contributed by atoms with Crippen LogP contribution < -0.4 is 5.46 Å². The van der Waals surface area contributed by atoms with Crippen molar-refractivity contribution < 1.29 is 13.7 Å². The van der Waals surface area contributed by atoms with E-state index in [2.05, 4.69) is 76.2 Å². The van der Waals surface area contributed by atoms with E-state index >= 15 is 0 Å². The van der Waals surface area contributed by atoms with Crippen LogP contribution in [0, 0.1) is 0 Å². The summed E-state index contributed by atoms with van der Waals surface area (Å²) >= 11 is 0. The van der Waals surface area contributed by atoms with E-state index in [1.165, 1.54) is 0 Å². The lowest BCUT2D eigenvalue weighted by atomic mass is 9.78. The Morgan fingerprint density at radius 2 is 1.35 bits per heavy atom. The average Bonchev–Trinajstić information content (AvgIpc) is 3.37. The van der Waals surface area contributed by atoms with E-state index in [1.807, 2.05) is 36.4 Å². The molecule has 1 aliphatic rings. The van der Waals surface area contributed by atoms with Gasteiger partial charge in [0, 0.05) is 10.9 Å². The van der Waals surface area contributed by atoms with Gasteiger partial charge in [-0.05, 0) is 67.9 Å². The molecule has 168 valence electrons. The molecule has 0 bridgehead atoms. The van der Waals surface area contributed by atoms with Gasteiger partial charge in [0.1, 0.15) is 5.52 Å². The van der Waals surface area contributed by atoms with Crippen LogP contribution >= 0.6 is 0 Å². The normalized spacial score (nSPS) is 17.0. The van der Waals surface area contributed by atoms with Crippen LogP contribution in [-0.4, -0.2) is 23.3 Å². The van der Waals surface area contributed by atoms with Gasteiger partial charge in [0.25, 0.3) is 0 Å². The Labute approximate surface area is 199 Å². The summed E-state index contributed by atoms with van der Waals surface area (Å²) < 4.78 is 18.8. The molecular weight excluding hydrogens is 421 g/mol. The summed E-state index contributed by atoms with van der Waals surface area (Å²) in [5, 5.41) is 2.22. The van der Waals surface area contributed by atoms with Gasteiger partial charge in [-0.1, -0.05) is 66.7 Å². The zero-order chi connectivity index (χ0) is 23.5. The number of fused-ring (bicyclic) bond motifs is 3. The third kappa shape index (κ3) is 3.44. The fourth-order valence-corrected chi connectivity index (χ4v) is 4.45. The highest BCUT2D eigenvalue weighted by Gasteiger charge is 2.51. The van der Waals surface area contributed by atoms with Crippen LogP contribution in [0.15, 0.2) is 89.3 Å². The van der Waals surface area contributed by atoms with Crippen molar-refractivity contribution in [2.75, 3.05) is 0 Å². The van der Waals surface area contributed by atoms with Gasteiger partial charge in [-0.3, -0.25) is 0 Å². The molecule has 5 heteroatoms. The molecule has 34 heavy (non-hydrogen) atoms. The van der Waals surface area contributed by atoms with Crippen molar-refractivity contribution in [3.8, 4) is 22.6 Å². The third-order valence-electron chi connectivity index (χ3n) is 7.13. The first kappa shape index (κ1) is 21.1. The van der Waals surface area contributed by atoms with Crippen LogP contribution in [0.4, 0.5) is 0 Å². The van der Waals surface area contributed by atoms with Crippen molar-refractivity contribution in [2.24, 2.45) is 0 Å². The van der Waals surface area contributed by atoms with Gasteiger partial charge < -0.3 is 13.7 Å². The maximum Gasteiger partial charge on any atom is 0.494 e. The topological polar surface area (TPSA) is 44.5 Å². The highest BCUT2D eigenvalue weighted by atomic mass is 16.7. The first-order valence-electron chi connectivity index (χ1n) is 11.7. The number of benzene rings is 4. The molecular formula is C29H26BNO3. The molecule has 0 unspecified atom stereocenters. The highest BCUT2D eigenvalue weighted by molar-refractivity contribution is 6.62. The van der Waals surface area contributed by atoms with E-state index in [4.69, 9.17) is 18.7 Å². The predicted octanol–water partition coefficient (Wildman–Crippen LogP) is 6.61. The minimum atomic E-state index is -0.390. The molecule has 1 aliphatic heterocycles. The number of rotatable bonds is 3. The Bertz CT molecular complexity index is 1520. The molecule has 0 radical (unpaired) electrons. The Morgan fingerprint density at radius 1 is 0.676 bits per heavy atom. The van der Waals surface area contributed by atoms with Crippen molar-refractivity contribution in [2.45, 2.75) is 38.9 Å². The lowest BCUT2D eigenvalue weighted by Crippen LogP contribution is -2.41. The second kappa shape index (κ2) is 7.56. The first-order chi connectivity index (χ1) is 16.3. The monoisotopic (exact) mass is 447 g/mol. The first-order valence-corrected chi connectivity index (χ1v) is 11.7. The van der Waals surface area contributed by atoms with Crippen molar-refractivity contribution in [3.63, 3.8) is 0 Å². The van der Waals surface area contributed by atoms with Crippen LogP contribution in [0.2, 0.25) is 0 Å². The summed E-state index contributed by atoms with van der Waals surface area (Å²) in [4.78, 5) is 4.77. The summed E-state index contributed by atoms with van der Waals surface area (Å²) in [6, 6.07) is 29.0. The molecule has 0 saturated carbocycles. The highest BCUT2D eigenvalue weighted by Crippen LogP contribution is 2.37. The minimum Gasteiger partial charge on any atom is -0.435 e. The molecule has 0 aliphatic carbocycles. The fourth-order valence-electron chi connectivity index (χ4n) is 4.45. The summed E-state index contributed by atoms with van der Waals surface area (Å²) in [6.07, 6.45) is 0. The number of nitrogens with zero attached hydrogens (tertiary/aromatic N) is 1. The van der Waals surface area contributed by atoms with Crippen LogP contribution in [-0.2, 0) is 9.31 Å². The standard InChI is InChI=1S/C29H26BNO3/c1-28(2)29(3,4)34-30(33-28)23-13-8-11-21(18-23)20-10-7-12-22(17-20)27-31-25-16-15-19-9-5-6-14-24(19)26(25)32-27/h5-18H,1-4H3. The van der Waals surface area contributed by atoms with Crippen molar-refractivity contribution >= 4 is 34.5 Å². The Balaban J connectivity index is 1.36. The van der Waals surface area contributed by atoms with E-state index in [0.29, 0.717) is 5.89 Å². The van der Waals surface area contributed by atoms with E-state index in [9.17, 15) is 0 Å². The molecule has 4 nitrogen and oxygen atoms in total. The van der Waals surface area contributed by atoms with Gasteiger partial charge in [-0.15, -0.1) is 0 Å². The predicted molar refractivity (Wildman–Crippen MR) is 138 cm³/mol. The molecule has 1 saturated heterocycles. The zero-order valence-corrected chi connectivity index (χ0v) is 19.8. The lowest BCUT2D eigenvalue weighted by Gasteiger charge is -2.32. The molecule has 6 rings (SSSR count). The summed E-state index contributed by atoms with van der Waals surface area (Å²) in [6.45, 7) is 8.29. The SMILES string of the molecule is CC1(C)OB(c2cccc(-c3cccc(-c4nc5ccc6ccccc6c5o4)c3)c2)OC1(C)C. The molecule has 0 amide bonds. The Kier molecular flexibility index (Phi) is 4.70. The Morgan fingerprint density at radius 3 is 2.15 bits per heavy atom. The molecule has 4 aromatic carbocycles. The number of oxazole rings is 1.